The van der Waals surface area contributed by atoms with Crippen molar-refractivity contribution in [3.8, 4) is 5.69 Å². The van der Waals surface area contributed by atoms with Gasteiger partial charge in [-0.05, 0) is 44.0 Å². The van der Waals surface area contributed by atoms with Gasteiger partial charge in [0.05, 0.1) is 17.6 Å². The van der Waals surface area contributed by atoms with Gasteiger partial charge in [0.1, 0.15) is 11.9 Å². The molecule has 10 heteroatoms. The van der Waals surface area contributed by atoms with Crippen LogP contribution in [0.5, 0.6) is 0 Å². The van der Waals surface area contributed by atoms with Gasteiger partial charge < -0.3 is 0 Å². The van der Waals surface area contributed by atoms with Crippen molar-refractivity contribution in [2.45, 2.75) is 52.3 Å². The molecule has 0 amide bonds. The molecule has 2 aromatic heterocycles. The molecule has 30 heavy (non-hydrogen) atoms. The van der Waals surface area contributed by atoms with E-state index in [2.05, 4.69) is 15.2 Å². The van der Waals surface area contributed by atoms with Crippen molar-refractivity contribution < 1.29 is 18.0 Å². The first-order chi connectivity index (χ1) is 14.0. The first-order valence-corrected chi connectivity index (χ1v) is 9.72. The van der Waals surface area contributed by atoms with Crippen LogP contribution in [-0.2, 0) is 17.4 Å². The van der Waals surface area contributed by atoms with Crippen LogP contribution in [0.1, 0.15) is 55.6 Å². The van der Waals surface area contributed by atoms with E-state index in [-0.39, 0.29) is 23.9 Å². The highest BCUT2D eigenvalue weighted by Crippen LogP contribution is 2.28. The van der Waals surface area contributed by atoms with Gasteiger partial charge in [-0.15, -0.1) is 5.10 Å². The van der Waals surface area contributed by atoms with Gasteiger partial charge in [-0.1, -0.05) is 25.4 Å². The van der Waals surface area contributed by atoms with E-state index in [0.29, 0.717) is 10.6 Å². The van der Waals surface area contributed by atoms with Crippen molar-refractivity contribution in [3.63, 3.8) is 0 Å². The van der Waals surface area contributed by atoms with Crippen molar-refractivity contribution >= 4 is 17.4 Å². The fourth-order valence-electron chi connectivity index (χ4n) is 3.29. The number of hydrogen-bond acceptors (Lipinski definition) is 4. The van der Waals surface area contributed by atoms with Gasteiger partial charge in [0, 0.05) is 17.0 Å². The lowest BCUT2D eigenvalue weighted by atomic mass is 9.99. The number of carbonyl (C=O) groups is 1. The third-order valence-corrected chi connectivity index (χ3v) is 5.01. The molecule has 0 saturated heterocycles. The molecular formula is C20H21ClF3N5O. The third kappa shape index (κ3) is 4.40. The molecule has 0 aliphatic rings. The SMILES string of the molecule is Cc1nc(C(F)(F)F)nn1C(C)C(=O)Cc1cnn(-c2ccc(Cl)cc2)c1C(C)C. The van der Waals surface area contributed by atoms with Gasteiger partial charge in [-0.3, -0.25) is 4.79 Å². The molecule has 0 aliphatic heterocycles. The molecule has 6 nitrogen and oxygen atoms in total. The number of ketones is 1. The number of Topliss-reactive ketones (excluding diaryl/α,β-unsaturated/α-hetero) is 1. The minimum Gasteiger partial charge on any atom is -0.297 e. The fraction of sp³-hybridized carbons (Fsp3) is 0.400. The van der Waals surface area contributed by atoms with Crippen LogP contribution >= 0.6 is 11.6 Å². The Hall–Kier alpha value is -2.68. The molecule has 1 aromatic carbocycles. The standard InChI is InChI=1S/C20H21ClF3N5O/c1-11(2)18-14(10-25-29(18)16-7-5-15(21)6-8-16)9-17(30)12(3)28-13(4)26-19(27-28)20(22,23)24/h5-8,10-12H,9H2,1-4H3. The van der Waals surface area contributed by atoms with E-state index in [9.17, 15) is 18.0 Å². The second-order valence-corrected chi connectivity index (χ2v) is 7.78. The van der Waals surface area contributed by atoms with Crippen molar-refractivity contribution in [3.05, 3.63) is 58.4 Å². The molecule has 0 fully saturated rings. The van der Waals surface area contributed by atoms with Crippen LogP contribution in [0.3, 0.4) is 0 Å². The Bertz CT molecular complexity index is 1050. The zero-order valence-electron chi connectivity index (χ0n) is 16.9. The van der Waals surface area contributed by atoms with E-state index in [1.54, 1.807) is 23.0 Å². The number of aromatic nitrogens is 5. The zero-order chi connectivity index (χ0) is 22.2. The van der Waals surface area contributed by atoms with Crippen molar-refractivity contribution in [2.75, 3.05) is 0 Å². The topological polar surface area (TPSA) is 65.6 Å². The van der Waals surface area contributed by atoms with Gasteiger partial charge in [0.2, 0.25) is 0 Å². The predicted octanol–water partition coefficient (Wildman–Crippen LogP) is 4.94. The van der Waals surface area contributed by atoms with Crippen LogP contribution in [-0.4, -0.2) is 30.3 Å². The van der Waals surface area contributed by atoms with Crippen LogP contribution in [0.25, 0.3) is 5.69 Å². The molecule has 3 aromatic rings. The summed E-state index contributed by atoms with van der Waals surface area (Å²) in [7, 11) is 0. The molecule has 0 aliphatic carbocycles. The van der Waals surface area contributed by atoms with Crippen LogP contribution in [0, 0.1) is 6.92 Å². The molecule has 1 unspecified atom stereocenters. The lowest BCUT2D eigenvalue weighted by Gasteiger charge is -2.15. The van der Waals surface area contributed by atoms with Gasteiger partial charge >= 0.3 is 6.18 Å². The molecule has 0 N–H and O–H groups in total. The first kappa shape index (κ1) is 22.0. The lowest BCUT2D eigenvalue weighted by Crippen LogP contribution is -2.22. The molecular weight excluding hydrogens is 419 g/mol. The molecule has 2 heterocycles. The Balaban J connectivity index is 1.88. The Morgan fingerprint density at radius 3 is 2.33 bits per heavy atom. The summed E-state index contributed by atoms with van der Waals surface area (Å²) in [6.07, 6.45) is -3.03. The Kier molecular flexibility index (Phi) is 6.03. The number of carbonyl (C=O) groups excluding carboxylic acids is 1. The van der Waals surface area contributed by atoms with Crippen LogP contribution in [0.2, 0.25) is 5.02 Å². The Morgan fingerprint density at radius 1 is 1.17 bits per heavy atom. The summed E-state index contributed by atoms with van der Waals surface area (Å²) < 4.78 is 41.4. The quantitative estimate of drug-likeness (QED) is 0.545. The number of rotatable bonds is 6. The van der Waals surface area contributed by atoms with Gasteiger partial charge in [-0.2, -0.15) is 18.3 Å². The molecule has 0 spiro atoms. The van der Waals surface area contributed by atoms with Crippen molar-refractivity contribution in [2.24, 2.45) is 0 Å². The van der Waals surface area contributed by atoms with E-state index in [1.807, 2.05) is 26.0 Å². The molecule has 1 atom stereocenters. The summed E-state index contributed by atoms with van der Waals surface area (Å²) in [5.41, 5.74) is 2.37. The van der Waals surface area contributed by atoms with Gasteiger partial charge in [-0.25, -0.2) is 14.3 Å². The number of halogens is 4. The maximum atomic E-state index is 12.9. The van der Waals surface area contributed by atoms with E-state index >= 15 is 0 Å². The van der Waals surface area contributed by atoms with Crippen LogP contribution in [0.4, 0.5) is 13.2 Å². The van der Waals surface area contributed by atoms with Crippen LogP contribution in [0.15, 0.2) is 30.5 Å². The van der Waals surface area contributed by atoms with Gasteiger partial charge in [0.15, 0.2) is 5.78 Å². The number of nitrogens with zero attached hydrogens (tertiary/aromatic N) is 5. The number of hydrogen-bond donors (Lipinski definition) is 0. The van der Waals surface area contributed by atoms with Crippen molar-refractivity contribution in [1.29, 1.82) is 0 Å². The van der Waals surface area contributed by atoms with E-state index in [4.69, 9.17) is 11.6 Å². The van der Waals surface area contributed by atoms with Crippen LogP contribution < -0.4 is 0 Å². The van der Waals surface area contributed by atoms with E-state index in [0.717, 1.165) is 16.1 Å². The highest BCUT2D eigenvalue weighted by Gasteiger charge is 2.37. The molecule has 0 radical (unpaired) electrons. The summed E-state index contributed by atoms with van der Waals surface area (Å²) in [4.78, 5) is 16.3. The lowest BCUT2D eigenvalue weighted by molar-refractivity contribution is -0.145. The Labute approximate surface area is 176 Å². The normalized spacial score (nSPS) is 13.1. The van der Waals surface area contributed by atoms with Gasteiger partial charge in [0.25, 0.3) is 5.82 Å². The van der Waals surface area contributed by atoms with E-state index in [1.165, 1.54) is 13.8 Å². The second kappa shape index (κ2) is 8.22. The number of aryl methyl sites for hydroxylation is 1. The summed E-state index contributed by atoms with van der Waals surface area (Å²) in [5, 5.41) is 8.50. The number of benzene rings is 1. The molecule has 3 rings (SSSR count). The summed E-state index contributed by atoms with van der Waals surface area (Å²) in [6, 6.07) is 6.26. The second-order valence-electron chi connectivity index (χ2n) is 7.34. The summed E-state index contributed by atoms with van der Waals surface area (Å²) in [6.45, 7) is 6.88. The third-order valence-electron chi connectivity index (χ3n) is 4.76. The number of alkyl halides is 3. The maximum Gasteiger partial charge on any atom is 0.453 e. The monoisotopic (exact) mass is 439 g/mol. The largest absolute Gasteiger partial charge is 0.453 e. The Morgan fingerprint density at radius 2 is 1.80 bits per heavy atom. The smallest absolute Gasteiger partial charge is 0.297 e. The van der Waals surface area contributed by atoms with Crippen molar-refractivity contribution in [1.82, 2.24) is 24.5 Å². The molecule has 160 valence electrons. The maximum absolute atomic E-state index is 12.9. The average molecular weight is 440 g/mol. The fourth-order valence-corrected chi connectivity index (χ4v) is 3.42. The minimum absolute atomic E-state index is 0.0168. The zero-order valence-corrected chi connectivity index (χ0v) is 17.7. The first-order valence-electron chi connectivity index (χ1n) is 9.34. The highest BCUT2D eigenvalue weighted by atomic mass is 35.5. The summed E-state index contributed by atoms with van der Waals surface area (Å²) in [5.74, 6) is -1.44. The molecule has 0 bridgehead atoms. The minimum atomic E-state index is -4.66. The summed E-state index contributed by atoms with van der Waals surface area (Å²) >= 11 is 5.95. The average Bonchev–Trinajstić information content (AvgIpc) is 3.25. The molecule has 0 saturated carbocycles. The predicted molar refractivity (Wildman–Crippen MR) is 106 cm³/mol. The highest BCUT2D eigenvalue weighted by molar-refractivity contribution is 6.30. The van der Waals surface area contributed by atoms with E-state index < -0.39 is 18.0 Å².